The molecule has 0 amide bonds. The number of hydrogen-bond acceptors (Lipinski definition) is 3. The van der Waals surface area contributed by atoms with Crippen molar-refractivity contribution < 1.29 is 9.53 Å². The Balaban J connectivity index is 1.96. The lowest BCUT2D eigenvalue weighted by atomic mass is 9.77. The maximum Gasteiger partial charge on any atom is 0.323 e. The second-order valence-corrected chi connectivity index (χ2v) is 6.82. The van der Waals surface area contributed by atoms with E-state index in [4.69, 9.17) is 4.74 Å². The van der Waals surface area contributed by atoms with E-state index in [2.05, 4.69) is 5.32 Å². The van der Waals surface area contributed by atoms with Gasteiger partial charge in [-0.25, -0.2) is 0 Å². The highest BCUT2D eigenvalue weighted by molar-refractivity contribution is 5.77. The Morgan fingerprint density at radius 1 is 1.11 bits per heavy atom. The molecule has 18 heavy (non-hydrogen) atoms. The van der Waals surface area contributed by atoms with Gasteiger partial charge in [0.15, 0.2) is 0 Å². The zero-order valence-corrected chi connectivity index (χ0v) is 12.0. The molecule has 1 heterocycles. The first kappa shape index (κ1) is 13.9. The smallest absolute Gasteiger partial charge is 0.323 e. The average Bonchev–Trinajstić information content (AvgIpc) is 2.76. The highest BCUT2D eigenvalue weighted by atomic mass is 16.6. The summed E-state index contributed by atoms with van der Waals surface area (Å²) in [6.45, 7) is 6.78. The SMILES string of the molecule is CC(C)(C)OC(=O)C1NCCC1C1CCCCC1. The monoisotopic (exact) mass is 253 g/mol. The third kappa shape index (κ3) is 3.47. The number of nitrogens with one attached hydrogen (secondary N) is 1. The van der Waals surface area contributed by atoms with Crippen LogP contribution in [0.4, 0.5) is 0 Å². The van der Waals surface area contributed by atoms with Crippen molar-refractivity contribution in [2.45, 2.75) is 70.9 Å². The lowest BCUT2D eigenvalue weighted by molar-refractivity contribution is -0.158. The summed E-state index contributed by atoms with van der Waals surface area (Å²) in [4.78, 5) is 12.2. The molecule has 3 heteroatoms. The Kier molecular flexibility index (Phi) is 4.31. The molecular weight excluding hydrogens is 226 g/mol. The molecule has 0 aromatic rings. The summed E-state index contributed by atoms with van der Waals surface area (Å²) in [5.41, 5.74) is -0.377. The fourth-order valence-corrected chi connectivity index (χ4v) is 3.42. The van der Waals surface area contributed by atoms with Crippen molar-refractivity contribution >= 4 is 5.97 Å². The van der Waals surface area contributed by atoms with Crippen LogP contribution in [0.5, 0.6) is 0 Å². The van der Waals surface area contributed by atoms with Crippen LogP contribution in [0, 0.1) is 11.8 Å². The molecule has 0 radical (unpaired) electrons. The largest absolute Gasteiger partial charge is 0.459 e. The van der Waals surface area contributed by atoms with Crippen LogP contribution in [0.15, 0.2) is 0 Å². The molecule has 0 bridgehead atoms. The minimum absolute atomic E-state index is 0.0458. The summed E-state index contributed by atoms with van der Waals surface area (Å²) in [5, 5.41) is 3.35. The number of hydrogen-bond donors (Lipinski definition) is 1. The molecule has 1 saturated carbocycles. The highest BCUT2D eigenvalue weighted by Gasteiger charge is 2.40. The Hall–Kier alpha value is -0.570. The number of esters is 1. The molecule has 1 aliphatic heterocycles. The fraction of sp³-hybridized carbons (Fsp3) is 0.933. The predicted molar refractivity (Wildman–Crippen MR) is 72.3 cm³/mol. The van der Waals surface area contributed by atoms with Gasteiger partial charge < -0.3 is 10.1 Å². The van der Waals surface area contributed by atoms with Crippen molar-refractivity contribution in [1.29, 1.82) is 0 Å². The first-order valence-electron chi connectivity index (χ1n) is 7.43. The summed E-state index contributed by atoms with van der Waals surface area (Å²) < 4.78 is 5.54. The number of rotatable bonds is 2. The summed E-state index contributed by atoms with van der Waals surface area (Å²) in [6.07, 6.45) is 7.77. The highest BCUT2D eigenvalue weighted by Crippen LogP contribution is 2.36. The minimum atomic E-state index is -0.377. The Morgan fingerprint density at radius 2 is 1.78 bits per heavy atom. The van der Waals surface area contributed by atoms with E-state index in [1.165, 1.54) is 32.1 Å². The van der Waals surface area contributed by atoms with E-state index in [0.29, 0.717) is 5.92 Å². The third-order valence-electron chi connectivity index (χ3n) is 4.19. The van der Waals surface area contributed by atoms with Crippen LogP contribution >= 0.6 is 0 Å². The van der Waals surface area contributed by atoms with Gasteiger partial charge in [-0.3, -0.25) is 4.79 Å². The summed E-state index contributed by atoms with van der Waals surface area (Å²) >= 11 is 0. The summed E-state index contributed by atoms with van der Waals surface area (Å²) in [6, 6.07) is -0.0627. The van der Waals surface area contributed by atoms with Gasteiger partial charge in [0.05, 0.1) is 0 Å². The molecule has 2 aliphatic rings. The van der Waals surface area contributed by atoms with Gasteiger partial charge in [0, 0.05) is 0 Å². The van der Waals surface area contributed by atoms with Crippen molar-refractivity contribution in [1.82, 2.24) is 5.32 Å². The summed E-state index contributed by atoms with van der Waals surface area (Å²) in [5.74, 6) is 1.18. The van der Waals surface area contributed by atoms with Gasteiger partial charge in [-0.2, -0.15) is 0 Å². The topological polar surface area (TPSA) is 38.3 Å². The molecule has 104 valence electrons. The van der Waals surface area contributed by atoms with E-state index in [-0.39, 0.29) is 17.6 Å². The second-order valence-electron chi connectivity index (χ2n) is 6.82. The normalized spacial score (nSPS) is 30.4. The van der Waals surface area contributed by atoms with E-state index >= 15 is 0 Å². The number of ether oxygens (including phenoxy) is 1. The molecule has 1 saturated heterocycles. The van der Waals surface area contributed by atoms with E-state index in [1.807, 2.05) is 20.8 Å². The molecule has 0 spiro atoms. The molecule has 2 unspecified atom stereocenters. The quantitative estimate of drug-likeness (QED) is 0.769. The van der Waals surface area contributed by atoms with Gasteiger partial charge in [-0.15, -0.1) is 0 Å². The van der Waals surface area contributed by atoms with Crippen molar-refractivity contribution in [3.63, 3.8) is 0 Å². The van der Waals surface area contributed by atoms with Crippen LogP contribution in [-0.4, -0.2) is 24.2 Å². The molecule has 0 aromatic heterocycles. The van der Waals surface area contributed by atoms with E-state index in [0.717, 1.165) is 18.9 Å². The third-order valence-corrected chi connectivity index (χ3v) is 4.19. The van der Waals surface area contributed by atoms with Gasteiger partial charge in [0.1, 0.15) is 11.6 Å². The Bertz CT molecular complexity index is 289. The Morgan fingerprint density at radius 3 is 2.39 bits per heavy atom. The number of carbonyl (C=O) groups excluding carboxylic acids is 1. The molecule has 1 N–H and O–H groups in total. The zero-order valence-electron chi connectivity index (χ0n) is 12.0. The van der Waals surface area contributed by atoms with Crippen molar-refractivity contribution in [2.24, 2.45) is 11.8 Å². The Labute approximate surface area is 111 Å². The van der Waals surface area contributed by atoms with Gasteiger partial charge in [-0.1, -0.05) is 32.1 Å². The fourth-order valence-electron chi connectivity index (χ4n) is 3.42. The molecule has 3 nitrogen and oxygen atoms in total. The van der Waals surface area contributed by atoms with Crippen LogP contribution in [-0.2, 0) is 9.53 Å². The van der Waals surface area contributed by atoms with Crippen LogP contribution in [0.3, 0.4) is 0 Å². The standard InChI is InChI=1S/C15H27NO2/c1-15(2,3)18-14(17)13-12(9-10-16-13)11-7-5-4-6-8-11/h11-13,16H,4-10H2,1-3H3. The van der Waals surface area contributed by atoms with Crippen molar-refractivity contribution in [3.8, 4) is 0 Å². The molecule has 2 rings (SSSR count). The molecule has 1 aliphatic carbocycles. The van der Waals surface area contributed by atoms with E-state index in [9.17, 15) is 4.79 Å². The minimum Gasteiger partial charge on any atom is -0.459 e. The van der Waals surface area contributed by atoms with Crippen LogP contribution in [0.2, 0.25) is 0 Å². The molecular formula is C15H27NO2. The van der Waals surface area contributed by atoms with Crippen molar-refractivity contribution in [3.05, 3.63) is 0 Å². The van der Waals surface area contributed by atoms with Crippen LogP contribution < -0.4 is 5.32 Å². The molecule has 0 aromatic carbocycles. The van der Waals surface area contributed by atoms with Gasteiger partial charge in [-0.05, 0) is 45.6 Å². The van der Waals surface area contributed by atoms with Gasteiger partial charge >= 0.3 is 5.97 Å². The lowest BCUT2D eigenvalue weighted by Crippen LogP contribution is -2.43. The second kappa shape index (κ2) is 5.60. The molecule has 2 fully saturated rings. The van der Waals surface area contributed by atoms with Gasteiger partial charge in [0.2, 0.25) is 0 Å². The van der Waals surface area contributed by atoms with Crippen LogP contribution in [0.1, 0.15) is 59.3 Å². The first-order chi connectivity index (χ1) is 8.47. The van der Waals surface area contributed by atoms with Crippen LogP contribution in [0.25, 0.3) is 0 Å². The van der Waals surface area contributed by atoms with E-state index in [1.54, 1.807) is 0 Å². The average molecular weight is 253 g/mol. The molecule has 2 atom stereocenters. The summed E-state index contributed by atoms with van der Waals surface area (Å²) in [7, 11) is 0. The predicted octanol–water partition coefficient (Wildman–Crippen LogP) is 2.89. The van der Waals surface area contributed by atoms with Crippen molar-refractivity contribution in [2.75, 3.05) is 6.54 Å². The number of carbonyl (C=O) groups is 1. The van der Waals surface area contributed by atoms with Gasteiger partial charge in [0.25, 0.3) is 0 Å². The maximum absolute atomic E-state index is 12.2. The first-order valence-corrected chi connectivity index (χ1v) is 7.43. The maximum atomic E-state index is 12.2. The van der Waals surface area contributed by atoms with E-state index < -0.39 is 0 Å². The lowest BCUT2D eigenvalue weighted by Gasteiger charge is -2.31. The zero-order chi connectivity index (χ0) is 13.2.